The second-order valence-corrected chi connectivity index (χ2v) is 4.30. The van der Waals surface area contributed by atoms with Crippen molar-refractivity contribution in [2.75, 3.05) is 26.8 Å². The van der Waals surface area contributed by atoms with Gasteiger partial charge in [-0.05, 0) is 19.8 Å². The van der Waals surface area contributed by atoms with Crippen LogP contribution in [-0.4, -0.2) is 54.4 Å². The molecule has 1 heterocycles. The predicted molar refractivity (Wildman–Crippen MR) is 56.3 cm³/mol. The van der Waals surface area contributed by atoms with Gasteiger partial charge in [-0.25, -0.2) is 0 Å². The van der Waals surface area contributed by atoms with E-state index in [4.69, 9.17) is 10.5 Å². The fraction of sp³-hybridized carbons (Fsp3) is 0.900. The second-order valence-electron chi connectivity index (χ2n) is 4.30. The van der Waals surface area contributed by atoms with Crippen LogP contribution >= 0.6 is 0 Å². The Balaban J connectivity index is 2.57. The summed E-state index contributed by atoms with van der Waals surface area (Å²) in [6, 6.07) is 0. The SMILES string of the molecule is CC(O)CN(C)C(=O)C1(N)CCOCC1. The van der Waals surface area contributed by atoms with Crippen molar-refractivity contribution in [3.8, 4) is 0 Å². The van der Waals surface area contributed by atoms with Gasteiger partial charge in [0.1, 0.15) is 0 Å². The van der Waals surface area contributed by atoms with Crippen LogP contribution in [0.15, 0.2) is 0 Å². The molecule has 15 heavy (non-hydrogen) atoms. The summed E-state index contributed by atoms with van der Waals surface area (Å²) in [4.78, 5) is 13.5. The molecule has 0 bridgehead atoms. The third-order valence-corrected chi connectivity index (χ3v) is 2.70. The van der Waals surface area contributed by atoms with Crippen LogP contribution in [0.3, 0.4) is 0 Å². The number of nitrogens with two attached hydrogens (primary N) is 1. The molecule has 1 unspecified atom stereocenters. The van der Waals surface area contributed by atoms with Crippen LogP contribution in [0.25, 0.3) is 0 Å². The molecule has 1 fully saturated rings. The van der Waals surface area contributed by atoms with Gasteiger partial charge in [-0.3, -0.25) is 4.79 Å². The second kappa shape index (κ2) is 4.92. The molecule has 1 amide bonds. The number of aliphatic hydroxyl groups is 1. The van der Waals surface area contributed by atoms with Gasteiger partial charge in [0.05, 0.1) is 11.6 Å². The monoisotopic (exact) mass is 216 g/mol. The van der Waals surface area contributed by atoms with Gasteiger partial charge in [-0.15, -0.1) is 0 Å². The lowest BCUT2D eigenvalue weighted by Crippen LogP contribution is -2.57. The van der Waals surface area contributed by atoms with E-state index >= 15 is 0 Å². The van der Waals surface area contributed by atoms with Gasteiger partial charge in [0.2, 0.25) is 5.91 Å². The number of ether oxygens (including phenoxy) is 1. The van der Waals surface area contributed by atoms with Gasteiger partial charge < -0.3 is 20.5 Å². The van der Waals surface area contributed by atoms with Gasteiger partial charge in [0.25, 0.3) is 0 Å². The molecule has 0 saturated carbocycles. The van der Waals surface area contributed by atoms with Gasteiger partial charge >= 0.3 is 0 Å². The number of hydrogen-bond donors (Lipinski definition) is 2. The minimum Gasteiger partial charge on any atom is -0.392 e. The number of carbonyl (C=O) groups is 1. The number of nitrogens with zero attached hydrogens (tertiary/aromatic N) is 1. The minimum atomic E-state index is -0.804. The zero-order valence-electron chi connectivity index (χ0n) is 9.40. The van der Waals surface area contributed by atoms with Crippen molar-refractivity contribution in [1.82, 2.24) is 4.90 Å². The molecule has 3 N–H and O–H groups in total. The van der Waals surface area contributed by atoms with Crippen molar-refractivity contribution < 1.29 is 14.6 Å². The van der Waals surface area contributed by atoms with Crippen molar-refractivity contribution in [1.29, 1.82) is 0 Å². The van der Waals surface area contributed by atoms with E-state index in [0.29, 0.717) is 32.6 Å². The summed E-state index contributed by atoms with van der Waals surface area (Å²) in [6.45, 7) is 3.03. The number of aliphatic hydroxyl groups excluding tert-OH is 1. The standard InChI is InChI=1S/C10H20N2O3/c1-8(13)7-12(2)9(14)10(11)3-5-15-6-4-10/h8,13H,3-7,11H2,1-2H3. The first-order chi connectivity index (χ1) is 6.96. The molecule has 1 aliphatic rings. The molecule has 0 spiro atoms. The van der Waals surface area contributed by atoms with E-state index in [1.54, 1.807) is 14.0 Å². The summed E-state index contributed by atoms with van der Waals surface area (Å²) in [7, 11) is 1.67. The molecular weight excluding hydrogens is 196 g/mol. The summed E-state index contributed by atoms with van der Waals surface area (Å²) >= 11 is 0. The Bertz CT molecular complexity index is 225. The van der Waals surface area contributed by atoms with Crippen molar-refractivity contribution in [3.05, 3.63) is 0 Å². The summed E-state index contributed by atoms with van der Waals surface area (Å²) in [5.41, 5.74) is 5.22. The largest absolute Gasteiger partial charge is 0.392 e. The minimum absolute atomic E-state index is 0.105. The molecule has 88 valence electrons. The number of amides is 1. The number of likely N-dealkylation sites (N-methyl/N-ethyl adjacent to an activating group) is 1. The normalized spacial score (nSPS) is 22.1. The van der Waals surface area contributed by atoms with Crippen LogP contribution in [0.5, 0.6) is 0 Å². The van der Waals surface area contributed by atoms with Crippen LogP contribution < -0.4 is 5.73 Å². The van der Waals surface area contributed by atoms with E-state index < -0.39 is 11.6 Å². The first-order valence-corrected chi connectivity index (χ1v) is 5.26. The van der Waals surface area contributed by atoms with Crippen molar-refractivity contribution >= 4 is 5.91 Å². The molecule has 1 saturated heterocycles. The van der Waals surface area contributed by atoms with Crippen LogP contribution in [0.2, 0.25) is 0 Å². The molecule has 0 radical (unpaired) electrons. The Kier molecular flexibility index (Phi) is 4.07. The van der Waals surface area contributed by atoms with E-state index in [1.807, 2.05) is 0 Å². The quantitative estimate of drug-likeness (QED) is 0.656. The molecular formula is C10H20N2O3. The average Bonchev–Trinajstić information content (AvgIpc) is 2.16. The van der Waals surface area contributed by atoms with E-state index in [9.17, 15) is 9.90 Å². The van der Waals surface area contributed by atoms with Gasteiger partial charge in [0, 0.05) is 26.8 Å². The molecule has 0 aliphatic carbocycles. The fourth-order valence-electron chi connectivity index (χ4n) is 1.81. The molecule has 0 aromatic rings. The topological polar surface area (TPSA) is 75.8 Å². The highest BCUT2D eigenvalue weighted by atomic mass is 16.5. The summed E-state index contributed by atoms with van der Waals surface area (Å²) < 4.78 is 5.18. The van der Waals surface area contributed by atoms with E-state index in [2.05, 4.69) is 0 Å². The van der Waals surface area contributed by atoms with E-state index in [1.165, 1.54) is 4.90 Å². The summed E-state index contributed by atoms with van der Waals surface area (Å²) in [6.07, 6.45) is 0.578. The van der Waals surface area contributed by atoms with Crippen molar-refractivity contribution in [2.24, 2.45) is 5.73 Å². The molecule has 1 aliphatic heterocycles. The number of carbonyl (C=O) groups excluding carboxylic acids is 1. The molecule has 5 nitrogen and oxygen atoms in total. The lowest BCUT2D eigenvalue weighted by atomic mass is 9.90. The Hall–Kier alpha value is -0.650. The maximum atomic E-state index is 12.0. The molecule has 1 rings (SSSR count). The van der Waals surface area contributed by atoms with Gasteiger partial charge in [-0.1, -0.05) is 0 Å². The maximum absolute atomic E-state index is 12.0. The van der Waals surface area contributed by atoms with Crippen LogP contribution in [-0.2, 0) is 9.53 Å². The molecule has 5 heteroatoms. The first-order valence-electron chi connectivity index (χ1n) is 5.26. The van der Waals surface area contributed by atoms with Gasteiger partial charge in [-0.2, -0.15) is 0 Å². The lowest BCUT2D eigenvalue weighted by molar-refractivity contribution is -0.140. The molecule has 1 atom stereocenters. The molecule has 0 aromatic carbocycles. The van der Waals surface area contributed by atoms with Crippen molar-refractivity contribution in [3.63, 3.8) is 0 Å². The average molecular weight is 216 g/mol. The smallest absolute Gasteiger partial charge is 0.242 e. The zero-order chi connectivity index (χ0) is 11.5. The third kappa shape index (κ3) is 3.15. The van der Waals surface area contributed by atoms with Crippen LogP contribution in [0.1, 0.15) is 19.8 Å². The number of hydrogen-bond acceptors (Lipinski definition) is 4. The summed E-state index contributed by atoms with van der Waals surface area (Å²) in [5.74, 6) is -0.105. The van der Waals surface area contributed by atoms with Crippen LogP contribution in [0.4, 0.5) is 0 Å². The predicted octanol–water partition coefficient (Wildman–Crippen LogP) is -0.666. The Labute approximate surface area is 90.2 Å². The highest BCUT2D eigenvalue weighted by Gasteiger charge is 2.37. The third-order valence-electron chi connectivity index (χ3n) is 2.70. The highest BCUT2D eigenvalue weighted by Crippen LogP contribution is 2.19. The first kappa shape index (κ1) is 12.4. The maximum Gasteiger partial charge on any atom is 0.242 e. The summed E-state index contributed by atoms with van der Waals surface area (Å²) in [5, 5.41) is 9.19. The Morgan fingerprint density at radius 1 is 1.60 bits per heavy atom. The highest BCUT2D eigenvalue weighted by molar-refractivity contribution is 5.86. The van der Waals surface area contributed by atoms with Gasteiger partial charge in [0.15, 0.2) is 0 Å². The molecule has 0 aromatic heterocycles. The fourth-order valence-corrected chi connectivity index (χ4v) is 1.81. The van der Waals surface area contributed by atoms with Crippen LogP contribution in [0, 0.1) is 0 Å². The number of rotatable bonds is 3. The zero-order valence-corrected chi connectivity index (χ0v) is 9.40. The Morgan fingerprint density at radius 2 is 2.13 bits per heavy atom. The van der Waals surface area contributed by atoms with E-state index in [-0.39, 0.29) is 5.91 Å². The van der Waals surface area contributed by atoms with Crippen molar-refractivity contribution in [2.45, 2.75) is 31.4 Å². The lowest BCUT2D eigenvalue weighted by Gasteiger charge is -2.35. The van der Waals surface area contributed by atoms with E-state index in [0.717, 1.165) is 0 Å². The Morgan fingerprint density at radius 3 is 2.60 bits per heavy atom.